The third-order valence-electron chi connectivity index (χ3n) is 10.3. The summed E-state index contributed by atoms with van der Waals surface area (Å²) in [6.45, 7) is 0. The molecule has 11 aromatic rings. The van der Waals surface area contributed by atoms with Crippen molar-refractivity contribution >= 4 is 76.3 Å². The molecule has 3 nitrogen and oxygen atoms in total. The van der Waals surface area contributed by atoms with Gasteiger partial charge in [-0.05, 0) is 71.1 Å². The summed E-state index contributed by atoms with van der Waals surface area (Å²) in [6, 6.07) is 61.4. The van der Waals surface area contributed by atoms with Gasteiger partial charge in [0.05, 0.1) is 27.8 Å². The maximum absolute atomic E-state index is 6.33. The Balaban J connectivity index is 1.13. The molecule has 0 amide bonds. The lowest BCUT2D eigenvalue weighted by atomic mass is 10.0. The molecule has 0 aliphatic heterocycles. The second-order valence-electron chi connectivity index (χ2n) is 12.9. The predicted octanol–water partition coefficient (Wildman–Crippen LogP) is 12.6. The summed E-state index contributed by atoms with van der Waals surface area (Å²) in [5, 5.41) is 9.74. The van der Waals surface area contributed by atoms with Gasteiger partial charge in [0.15, 0.2) is 0 Å². The Hall–Kier alpha value is -6.58. The molecular weight excluding hydrogens is 597 g/mol. The summed E-state index contributed by atoms with van der Waals surface area (Å²) in [5.74, 6) is 0. The van der Waals surface area contributed by atoms with Crippen molar-refractivity contribution in [1.29, 1.82) is 0 Å². The van der Waals surface area contributed by atoms with Gasteiger partial charge in [0.25, 0.3) is 0 Å². The van der Waals surface area contributed by atoms with Crippen molar-refractivity contribution in [2.24, 2.45) is 0 Å². The van der Waals surface area contributed by atoms with Crippen LogP contribution in [0.3, 0.4) is 0 Å². The van der Waals surface area contributed by atoms with Gasteiger partial charge in [0.1, 0.15) is 11.2 Å². The highest BCUT2D eigenvalue weighted by Crippen LogP contribution is 2.40. The molecule has 0 N–H and O–H groups in total. The molecule has 3 heterocycles. The van der Waals surface area contributed by atoms with Crippen LogP contribution in [0, 0.1) is 0 Å². The van der Waals surface area contributed by atoms with Gasteiger partial charge in [-0.1, -0.05) is 109 Å². The van der Waals surface area contributed by atoms with E-state index in [9.17, 15) is 0 Å². The first kappa shape index (κ1) is 26.5. The lowest BCUT2D eigenvalue weighted by Gasteiger charge is -2.12. The Kier molecular flexibility index (Phi) is 5.38. The topological polar surface area (TPSA) is 23.0 Å². The lowest BCUT2D eigenvalue weighted by Crippen LogP contribution is -1.95. The molecule has 3 aromatic heterocycles. The number of rotatable bonds is 3. The quantitative estimate of drug-likeness (QED) is 0.192. The maximum Gasteiger partial charge on any atom is 0.137 e. The molecule has 0 saturated carbocycles. The van der Waals surface area contributed by atoms with E-state index in [-0.39, 0.29) is 0 Å². The molecule has 8 aromatic carbocycles. The van der Waals surface area contributed by atoms with Gasteiger partial charge < -0.3 is 13.6 Å². The van der Waals surface area contributed by atoms with Crippen LogP contribution in [0.2, 0.25) is 0 Å². The molecule has 228 valence electrons. The third-order valence-corrected chi connectivity index (χ3v) is 10.3. The standard InChI is InChI=1S/C46H28N2O/c1-2-12-33-29(10-1)11-9-18-40(33)48-42-17-7-4-14-35(42)39-26-30(21-25-43(39)48)31-20-23-36-34-13-3-6-16-41(34)47(44(36)27-31)32-22-24-38-37-15-5-8-19-45(37)49-46(38)28-32/h1-28H. The molecule has 0 fully saturated rings. The van der Waals surface area contributed by atoms with Crippen LogP contribution in [0.1, 0.15) is 0 Å². The zero-order chi connectivity index (χ0) is 32.1. The van der Waals surface area contributed by atoms with Crippen LogP contribution in [0.4, 0.5) is 0 Å². The summed E-state index contributed by atoms with van der Waals surface area (Å²) in [5.41, 5.74) is 11.2. The fraction of sp³-hybridized carbons (Fsp3) is 0. The van der Waals surface area contributed by atoms with Crippen molar-refractivity contribution in [3.63, 3.8) is 0 Å². The Morgan fingerprint density at radius 1 is 0.327 bits per heavy atom. The van der Waals surface area contributed by atoms with E-state index in [1.807, 2.05) is 12.1 Å². The summed E-state index contributed by atoms with van der Waals surface area (Å²) in [4.78, 5) is 0. The van der Waals surface area contributed by atoms with Gasteiger partial charge in [0.2, 0.25) is 0 Å². The highest BCUT2D eigenvalue weighted by Gasteiger charge is 2.18. The van der Waals surface area contributed by atoms with Crippen LogP contribution in [0.5, 0.6) is 0 Å². The molecule has 0 saturated heterocycles. The minimum absolute atomic E-state index is 0.897. The van der Waals surface area contributed by atoms with E-state index in [4.69, 9.17) is 4.42 Å². The Morgan fingerprint density at radius 2 is 0.918 bits per heavy atom. The number of furan rings is 1. The zero-order valence-electron chi connectivity index (χ0n) is 26.5. The molecule has 0 bridgehead atoms. The SMILES string of the molecule is c1ccc2c(-n3c4ccccc4c4cc(-c5ccc6c7ccccc7n(-c7ccc8c(c7)oc7ccccc78)c6c5)ccc43)cccc2c1. The van der Waals surface area contributed by atoms with Crippen LogP contribution < -0.4 is 0 Å². The Bertz CT molecular complexity index is 3110. The minimum Gasteiger partial charge on any atom is -0.456 e. The first-order valence-corrected chi connectivity index (χ1v) is 16.8. The average Bonchev–Trinajstić information content (AvgIpc) is 3.81. The number of hydrogen-bond acceptors (Lipinski definition) is 1. The number of hydrogen-bond donors (Lipinski definition) is 0. The average molecular weight is 625 g/mol. The fourth-order valence-corrected chi connectivity index (χ4v) is 8.10. The van der Waals surface area contributed by atoms with E-state index in [1.54, 1.807) is 0 Å². The molecule has 3 heteroatoms. The molecule has 0 radical (unpaired) electrons. The van der Waals surface area contributed by atoms with Gasteiger partial charge in [0, 0.05) is 49.5 Å². The Morgan fingerprint density at radius 3 is 1.80 bits per heavy atom. The molecule has 0 aliphatic rings. The van der Waals surface area contributed by atoms with Crippen LogP contribution in [0.15, 0.2) is 174 Å². The van der Waals surface area contributed by atoms with Gasteiger partial charge >= 0.3 is 0 Å². The van der Waals surface area contributed by atoms with Crippen molar-refractivity contribution in [3.8, 4) is 22.5 Å². The Labute approximate surface area is 281 Å². The molecule has 11 rings (SSSR count). The minimum atomic E-state index is 0.897. The number of nitrogens with zero attached hydrogens (tertiary/aromatic N) is 2. The van der Waals surface area contributed by atoms with E-state index < -0.39 is 0 Å². The van der Waals surface area contributed by atoms with E-state index in [0.29, 0.717) is 0 Å². The third kappa shape index (κ3) is 3.78. The summed E-state index contributed by atoms with van der Waals surface area (Å²) >= 11 is 0. The first-order chi connectivity index (χ1) is 24.3. The van der Waals surface area contributed by atoms with E-state index in [0.717, 1.165) is 27.6 Å². The number of para-hydroxylation sites is 3. The molecule has 0 aliphatic carbocycles. The second kappa shape index (κ2) is 9.96. The van der Waals surface area contributed by atoms with Crippen LogP contribution in [0.25, 0.3) is 98.8 Å². The van der Waals surface area contributed by atoms with Gasteiger partial charge in [-0.3, -0.25) is 0 Å². The number of benzene rings is 8. The van der Waals surface area contributed by atoms with Crippen LogP contribution >= 0.6 is 0 Å². The monoisotopic (exact) mass is 624 g/mol. The smallest absolute Gasteiger partial charge is 0.137 e. The normalized spacial score (nSPS) is 12.1. The zero-order valence-corrected chi connectivity index (χ0v) is 26.5. The molecule has 49 heavy (non-hydrogen) atoms. The highest BCUT2D eigenvalue weighted by molar-refractivity contribution is 6.13. The molecule has 0 atom stereocenters. The lowest BCUT2D eigenvalue weighted by molar-refractivity contribution is 0.668. The van der Waals surface area contributed by atoms with Crippen molar-refractivity contribution in [3.05, 3.63) is 170 Å². The summed E-state index contributed by atoms with van der Waals surface area (Å²) < 4.78 is 11.1. The fourth-order valence-electron chi connectivity index (χ4n) is 8.10. The molecular formula is C46H28N2O. The summed E-state index contributed by atoms with van der Waals surface area (Å²) in [6.07, 6.45) is 0. The summed E-state index contributed by atoms with van der Waals surface area (Å²) in [7, 11) is 0. The second-order valence-corrected chi connectivity index (χ2v) is 12.9. The largest absolute Gasteiger partial charge is 0.456 e. The highest BCUT2D eigenvalue weighted by atomic mass is 16.3. The predicted molar refractivity (Wildman–Crippen MR) is 205 cm³/mol. The van der Waals surface area contributed by atoms with Crippen molar-refractivity contribution < 1.29 is 4.42 Å². The van der Waals surface area contributed by atoms with Gasteiger partial charge in [-0.25, -0.2) is 0 Å². The number of aromatic nitrogens is 2. The van der Waals surface area contributed by atoms with Crippen LogP contribution in [-0.4, -0.2) is 9.13 Å². The number of fused-ring (bicyclic) bond motifs is 10. The van der Waals surface area contributed by atoms with E-state index in [1.165, 1.54) is 71.2 Å². The van der Waals surface area contributed by atoms with E-state index >= 15 is 0 Å². The van der Waals surface area contributed by atoms with Gasteiger partial charge in [-0.15, -0.1) is 0 Å². The molecule has 0 spiro atoms. The van der Waals surface area contributed by atoms with E-state index in [2.05, 4.69) is 167 Å². The van der Waals surface area contributed by atoms with Crippen molar-refractivity contribution in [1.82, 2.24) is 9.13 Å². The first-order valence-electron chi connectivity index (χ1n) is 16.8. The van der Waals surface area contributed by atoms with Crippen LogP contribution in [-0.2, 0) is 0 Å². The van der Waals surface area contributed by atoms with Gasteiger partial charge in [-0.2, -0.15) is 0 Å². The van der Waals surface area contributed by atoms with Crippen molar-refractivity contribution in [2.75, 3.05) is 0 Å². The maximum atomic E-state index is 6.33. The molecule has 0 unspecified atom stereocenters. The van der Waals surface area contributed by atoms with Crippen molar-refractivity contribution in [2.45, 2.75) is 0 Å².